The third kappa shape index (κ3) is 3.90. The summed E-state index contributed by atoms with van der Waals surface area (Å²) in [7, 11) is 0. The number of phenols is 1. The Morgan fingerprint density at radius 1 is 0.800 bits per heavy atom. The zero-order chi connectivity index (χ0) is 14.5. The molecule has 0 bridgehead atoms. The number of hydrogen-bond donors (Lipinski definition) is 2. The number of hydrogen-bond acceptors (Lipinski definition) is 4. The summed E-state index contributed by atoms with van der Waals surface area (Å²) in [4.78, 5) is 0. The van der Waals surface area contributed by atoms with Crippen molar-refractivity contribution in [2.24, 2.45) is 0 Å². The molecule has 0 aliphatic carbocycles. The van der Waals surface area contributed by atoms with Crippen LogP contribution < -0.4 is 9.47 Å². The van der Waals surface area contributed by atoms with Gasteiger partial charge < -0.3 is 19.7 Å². The van der Waals surface area contributed by atoms with Crippen molar-refractivity contribution < 1.29 is 19.7 Å². The van der Waals surface area contributed by atoms with Gasteiger partial charge in [0.25, 0.3) is 0 Å². The van der Waals surface area contributed by atoms with Crippen molar-refractivity contribution in [1.29, 1.82) is 0 Å². The van der Waals surface area contributed by atoms with Crippen LogP contribution in [-0.2, 0) is 0 Å². The van der Waals surface area contributed by atoms with Gasteiger partial charge in [-0.2, -0.15) is 0 Å². The number of benzene rings is 2. The Morgan fingerprint density at radius 2 is 1.30 bits per heavy atom. The van der Waals surface area contributed by atoms with Gasteiger partial charge >= 0.3 is 0 Å². The number of rotatable bonds is 5. The third-order valence-electron chi connectivity index (χ3n) is 2.62. The van der Waals surface area contributed by atoms with Gasteiger partial charge in [-0.05, 0) is 62.4 Å². The van der Waals surface area contributed by atoms with Crippen LogP contribution in [0.1, 0.15) is 25.7 Å². The predicted octanol–water partition coefficient (Wildman–Crippen LogP) is 3.25. The van der Waals surface area contributed by atoms with Crippen LogP contribution in [0.5, 0.6) is 17.2 Å². The van der Waals surface area contributed by atoms with Gasteiger partial charge in [0, 0.05) is 5.56 Å². The van der Waals surface area contributed by atoms with Crippen molar-refractivity contribution in [1.82, 2.24) is 0 Å². The molecule has 2 aromatic carbocycles. The monoisotopic (exact) mass is 274 g/mol. The second-order valence-electron chi connectivity index (χ2n) is 4.70. The standard InChI is InChI=1S/C16H18O4/c1-11(2)19-14-7-9-15(10-8-14)20-16(18)12-3-5-13(17)6-4-12/h3-11,16-18H,1-2H3. The van der Waals surface area contributed by atoms with Crippen molar-refractivity contribution >= 4 is 0 Å². The van der Waals surface area contributed by atoms with Crippen LogP contribution in [0.25, 0.3) is 0 Å². The fraction of sp³-hybridized carbons (Fsp3) is 0.250. The molecule has 0 spiro atoms. The minimum Gasteiger partial charge on any atom is -0.508 e. The summed E-state index contributed by atoms with van der Waals surface area (Å²) >= 11 is 0. The number of aliphatic hydroxyl groups excluding tert-OH is 1. The van der Waals surface area contributed by atoms with E-state index in [4.69, 9.17) is 9.47 Å². The van der Waals surface area contributed by atoms with Crippen LogP contribution in [0.3, 0.4) is 0 Å². The van der Waals surface area contributed by atoms with E-state index in [1.54, 1.807) is 36.4 Å². The molecule has 106 valence electrons. The molecule has 20 heavy (non-hydrogen) atoms. The van der Waals surface area contributed by atoms with E-state index in [-0.39, 0.29) is 11.9 Å². The van der Waals surface area contributed by atoms with Crippen molar-refractivity contribution in [2.75, 3.05) is 0 Å². The van der Waals surface area contributed by atoms with E-state index in [1.807, 2.05) is 13.8 Å². The highest BCUT2D eigenvalue weighted by Gasteiger charge is 2.09. The molecule has 4 nitrogen and oxygen atoms in total. The first-order valence-electron chi connectivity index (χ1n) is 6.45. The fourth-order valence-electron chi connectivity index (χ4n) is 1.70. The van der Waals surface area contributed by atoms with Gasteiger partial charge in [-0.15, -0.1) is 0 Å². The molecule has 0 aliphatic rings. The van der Waals surface area contributed by atoms with E-state index in [2.05, 4.69) is 0 Å². The molecule has 0 fully saturated rings. The molecule has 1 unspecified atom stereocenters. The molecular formula is C16H18O4. The van der Waals surface area contributed by atoms with Gasteiger partial charge in [-0.25, -0.2) is 0 Å². The largest absolute Gasteiger partial charge is 0.508 e. The van der Waals surface area contributed by atoms with E-state index in [1.165, 1.54) is 12.1 Å². The van der Waals surface area contributed by atoms with Crippen molar-refractivity contribution in [3.63, 3.8) is 0 Å². The van der Waals surface area contributed by atoms with Gasteiger partial charge in [-0.3, -0.25) is 0 Å². The summed E-state index contributed by atoms with van der Waals surface area (Å²) in [5, 5.41) is 19.1. The molecule has 2 N–H and O–H groups in total. The Hall–Kier alpha value is -2.20. The minimum absolute atomic E-state index is 0.115. The van der Waals surface area contributed by atoms with E-state index >= 15 is 0 Å². The lowest BCUT2D eigenvalue weighted by atomic mass is 10.2. The second-order valence-corrected chi connectivity index (χ2v) is 4.70. The lowest BCUT2D eigenvalue weighted by molar-refractivity contribution is -0.0195. The highest BCUT2D eigenvalue weighted by atomic mass is 16.6. The fourth-order valence-corrected chi connectivity index (χ4v) is 1.70. The van der Waals surface area contributed by atoms with Gasteiger partial charge in [0.15, 0.2) is 0 Å². The lowest BCUT2D eigenvalue weighted by Gasteiger charge is -2.15. The molecule has 0 heterocycles. The Balaban J connectivity index is 2.00. The van der Waals surface area contributed by atoms with Crippen LogP contribution in [-0.4, -0.2) is 16.3 Å². The number of aliphatic hydroxyl groups is 1. The average Bonchev–Trinajstić information content (AvgIpc) is 2.41. The Morgan fingerprint density at radius 3 is 1.80 bits per heavy atom. The molecule has 0 aliphatic heterocycles. The first-order chi connectivity index (χ1) is 9.54. The molecule has 0 radical (unpaired) electrons. The summed E-state index contributed by atoms with van der Waals surface area (Å²) in [5.74, 6) is 1.45. The quantitative estimate of drug-likeness (QED) is 0.822. The third-order valence-corrected chi connectivity index (χ3v) is 2.62. The second kappa shape index (κ2) is 6.30. The summed E-state index contributed by atoms with van der Waals surface area (Å²) < 4.78 is 10.9. The van der Waals surface area contributed by atoms with Crippen molar-refractivity contribution in [3.8, 4) is 17.2 Å². The normalized spacial score (nSPS) is 12.2. The highest BCUT2D eigenvalue weighted by molar-refractivity contribution is 5.32. The summed E-state index contributed by atoms with van der Waals surface area (Å²) in [5.41, 5.74) is 0.574. The zero-order valence-corrected chi connectivity index (χ0v) is 11.5. The van der Waals surface area contributed by atoms with Gasteiger partial charge in [-0.1, -0.05) is 0 Å². The number of phenolic OH excluding ortho intramolecular Hbond substituents is 1. The Bertz CT molecular complexity index is 531. The molecule has 4 heteroatoms. The predicted molar refractivity (Wildman–Crippen MR) is 75.9 cm³/mol. The molecule has 0 aromatic heterocycles. The first-order valence-corrected chi connectivity index (χ1v) is 6.45. The average molecular weight is 274 g/mol. The number of ether oxygens (including phenoxy) is 2. The van der Waals surface area contributed by atoms with Crippen LogP contribution in [0.2, 0.25) is 0 Å². The van der Waals surface area contributed by atoms with Gasteiger partial charge in [0.05, 0.1) is 6.10 Å². The maximum Gasteiger partial charge on any atom is 0.224 e. The Kier molecular flexibility index (Phi) is 4.48. The van der Waals surface area contributed by atoms with Crippen LogP contribution in [0, 0.1) is 0 Å². The van der Waals surface area contributed by atoms with Crippen LogP contribution in [0.15, 0.2) is 48.5 Å². The SMILES string of the molecule is CC(C)Oc1ccc(OC(O)c2ccc(O)cc2)cc1. The summed E-state index contributed by atoms with van der Waals surface area (Å²) in [6, 6.07) is 13.3. The Labute approximate surface area is 118 Å². The zero-order valence-electron chi connectivity index (χ0n) is 11.5. The molecule has 2 rings (SSSR count). The van der Waals surface area contributed by atoms with Crippen LogP contribution >= 0.6 is 0 Å². The topological polar surface area (TPSA) is 58.9 Å². The minimum atomic E-state index is -1.08. The first kappa shape index (κ1) is 14.2. The summed E-state index contributed by atoms with van der Waals surface area (Å²) in [6.45, 7) is 3.91. The number of aromatic hydroxyl groups is 1. The maximum absolute atomic E-state index is 9.94. The highest BCUT2D eigenvalue weighted by Crippen LogP contribution is 2.24. The van der Waals surface area contributed by atoms with Gasteiger partial charge in [0.1, 0.15) is 17.2 Å². The molecule has 0 saturated carbocycles. The van der Waals surface area contributed by atoms with Crippen LogP contribution in [0.4, 0.5) is 0 Å². The molecule has 2 aromatic rings. The molecule has 0 amide bonds. The van der Waals surface area contributed by atoms with Crippen molar-refractivity contribution in [2.45, 2.75) is 26.2 Å². The molecule has 1 atom stereocenters. The molecule has 0 saturated heterocycles. The molecular weight excluding hydrogens is 256 g/mol. The van der Waals surface area contributed by atoms with E-state index in [0.29, 0.717) is 11.3 Å². The van der Waals surface area contributed by atoms with E-state index < -0.39 is 6.29 Å². The maximum atomic E-state index is 9.94. The van der Waals surface area contributed by atoms with E-state index in [9.17, 15) is 10.2 Å². The smallest absolute Gasteiger partial charge is 0.224 e. The lowest BCUT2D eigenvalue weighted by Crippen LogP contribution is -2.07. The van der Waals surface area contributed by atoms with E-state index in [0.717, 1.165) is 5.75 Å². The van der Waals surface area contributed by atoms with Gasteiger partial charge in [0.2, 0.25) is 6.29 Å². The summed E-state index contributed by atoms with van der Waals surface area (Å²) in [6.07, 6.45) is -0.961. The van der Waals surface area contributed by atoms with Crippen molar-refractivity contribution in [3.05, 3.63) is 54.1 Å².